The van der Waals surface area contributed by atoms with Crippen molar-refractivity contribution in [3.05, 3.63) is 39.0 Å². The topological polar surface area (TPSA) is 66.9 Å². The van der Waals surface area contributed by atoms with Crippen LogP contribution in [0.5, 0.6) is 23.1 Å². The summed E-state index contributed by atoms with van der Waals surface area (Å²) >= 11 is 3.47. The van der Waals surface area contributed by atoms with Gasteiger partial charge in [-0.2, -0.15) is 0 Å². The summed E-state index contributed by atoms with van der Waals surface area (Å²) in [4.78, 5) is 17.5. The van der Waals surface area contributed by atoms with Crippen LogP contribution in [-0.2, 0) is 0 Å². The highest BCUT2D eigenvalue weighted by Crippen LogP contribution is 2.44. The normalized spacial score (nSPS) is 10.4. The zero-order valence-corrected chi connectivity index (χ0v) is 16.6. The first kappa shape index (κ1) is 19.1. The molecule has 0 fully saturated rings. The molecular weight excluding hydrogens is 390 g/mol. The van der Waals surface area contributed by atoms with Crippen molar-refractivity contribution in [2.24, 2.45) is 0 Å². The van der Waals surface area contributed by atoms with Crippen LogP contribution in [0.15, 0.2) is 16.7 Å². The van der Waals surface area contributed by atoms with Gasteiger partial charge in [0, 0.05) is 10.7 Å². The minimum absolute atomic E-state index is 0.235. The molecule has 7 heteroatoms. The van der Waals surface area contributed by atoms with Gasteiger partial charge in [-0.1, -0.05) is 0 Å². The van der Waals surface area contributed by atoms with Crippen LogP contribution in [0, 0.1) is 13.8 Å². The van der Waals surface area contributed by atoms with Gasteiger partial charge in [-0.3, -0.25) is 4.79 Å². The number of aromatic nitrogens is 1. The summed E-state index contributed by atoms with van der Waals surface area (Å²) in [6.45, 7) is 3.66. The van der Waals surface area contributed by atoms with Crippen LogP contribution in [0.3, 0.4) is 0 Å². The lowest BCUT2D eigenvalue weighted by Crippen LogP contribution is -2.12. The number of hydrogen-bond donors (Lipinski definition) is 0. The van der Waals surface area contributed by atoms with Gasteiger partial charge in [-0.05, 0) is 47.0 Å². The van der Waals surface area contributed by atoms with E-state index in [2.05, 4.69) is 20.9 Å². The van der Waals surface area contributed by atoms with Crippen molar-refractivity contribution in [2.45, 2.75) is 13.8 Å². The van der Waals surface area contributed by atoms with Crippen molar-refractivity contribution in [2.75, 3.05) is 28.4 Å². The van der Waals surface area contributed by atoms with Crippen LogP contribution in [0.4, 0.5) is 0 Å². The number of ether oxygens (including phenoxy) is 4. The second-order valence-electron chi connectivity index (χ2n) is 5.31. The molecule has 6 nitrogen and oxygen atoms in total. The predicted octanol–water partition coefficient (Wildman–Crippen LogP) is 3.73. The number of carbonyl (C=O) groups excluding carboxylic acids is 1. The standard InChI is InChI=1S/C18H20BrNO5/c1-9-7-11(22-3)16(23-4)17(24-5)12(9)15(21)13-14(19)10(2)8-20-18(13)25-6/h7-8H,1-6H3. The van der Waals surface area contributed by atoms with Crippen LogP contribution in [0.2, 0.25) is 0 Å². The molecule has 0 aliphatic carbocycles. The van der Waals surface area contributed by atoms with Gasteiger partial charge < -0.3 is 18.9 Å². The minimum Gasteiger partial charge on any atom is -0.493 e. The fourth-order valence-corrected chi connectivity index (χ4v) is 3.06. The van der Waals surface area contributed by atoms with Gasteiger partial charge in [0.05, 0.1) is 39.6 Å². The Morgan fingerprint density at radius 2 is 1.56 bits per heavy atom. The average molecular weight is 410 g/mol. The average Bonchev–Trinajstić information content (AvgIpc) is 2.61. The SMILES string of the molecule is COc1cc(C)c(C(=O)c2c(OC)ncc(C)c2Br)c(OC)c1OC. The van der Waals surface area contributed by atoms with Crippen LogP contribution >= 0.6 is 15.9 Å². The molecule has 25 heavy (non-hydrogen) atoms. The molecule has 0 radical (unpaired) electrons. The van der Waals surface area contributed by atoms with Crippen LogP contribution in [-0.4, -0.2) is 39.2 Å². The Morgan fingerprint density at radius 1 is 0.920 bits per heavy atom. The maximum atomic E-state index is 13.3. The third-order valence-electron chi connectivity index (χ3n) is 3.83. The molecule has 1 heterocycles. The fourth-order valence-electron chi connectivity index (χ4n) is 2.61. The first-order valence-corrected chi connectivity index (χ1v) is 8.23. The zero-order chi connectivity index (χ0) is 18.7. The number of aryl methyl sites for hydroxylation is 2. The van der Waals surface area contributed by atoms with E-state index in [1.807, 2.05) is 6.92 Å². The van der Waals surface area contributed by atoms with Crippen molar-refractivity contribution in [3.63, 3.8) is 0 Å². The molecule has 0 spiro atoms. The maximum Gasteiger partial charge on any atom is 0.225 e. The molecule has 0 aliphatic heterocycles. The van der Waals surface area contributed by atoms with E-state index in [9.17, 15) is 4.79 Å². The third-order valence-corrected chi connectivity index (χ3v) is 4.85. The van der Waals surface area contributed by atoms with E-state index in [1.165, 1.54) is 28.4 Å². The summed E-state index contributed by atoms with van der Waals surface area (Å²) in [7, 11) is 5.98. The summed E-state index contributed by atoms with van der Waals surface area (Å²) < 4.78 is 22.1. The summed E-state index contributed by atoms with van der Waals surface area (Å²) in [6.07, 6.45) is 1.64. The van der Waals surface area contributed by atoms with E-state index in [4.69, 9.17) is 18.9 Å². The van der Waals surface area contributed by atoms with Crippen molar-refractivity contribution in [1.29, 1.82) is 0 Å². The molecule has 134 valence electrons. The molecular formula is C18H20BrNO5. The van der Waals surface area contributed by atoms with Gasteiger partial charge in [0.25, 0.3) is 0 Å². The van der Waals surface area contributed by atoms with Crippen molar-refractivity contribution in [3.8, 4) is 23.1 Å². The molecule has 0 saturated carbocycles. The second-order valence-corrected chi connectivity index (χ2v) is 6.10. The van der Waals surface area contributed by atoms with Crippen LogP contribution in [0.25, 0.3) is 0 Å². The molecule has 1 aromatic carbocycles. The molecule has 0 amide bonds. The van der Waals surface area contributed by atoms with Gasteiger partial charge in [0.2, 0.25) is 17.4 Å². The van der Waals surface area contributed by atoms with Crippen LogP contribution < -0.4 is 18.9 Å². The highest BCUT2D eigenvalue weighted by atomic mass is 79.9. The van der Waals surface area contributed by atoms with Crippen molar-refractivity contribution in [1.82, 2.24) is 4.98 Å². The predicted molar refractivity (Wildman–Crippen MR) is 97.5 cm³/mol. The largest absolute Gasteiger partial charge is 0.493 e. The number of benzene rings is 1. The quantitative estimate of drug-likeness (QED) is 0.677. The number of ketones is 1. The minimum atomic E-state index is -0.282. The van der Waals surface area contributed by atoms with Gasteiger partial charge in [-0.15, -0.1) is 0 Å². The summed E-state index contributed by atoms with van der Waals surface area (Å²) in [5.74, 6) is 1.10. The van der Waals surface area contributed by atoms with Gasteiger partial charge in [0.1, 0.15) is 0 Å². The molecule has 0 unspecified atom stereocenters. The molecule has 0 saturated heterocycles. The lowest BCUT2D eigenvalue weighted by Gasteiger charge is -2.18. The van der Waals surface area contributed by atoms with E-state index in [0.29, 0.717) is 38.4 Å². The first-order valence-electron chi connectivity index (χ1n) is 7.44. The Morgan fingerprint density at radius 3 is 2.08 bits per heavy atom. The van der Waals surface area contributed by atoms with Gasteiger partial charge in [-0.25, -0.2) is 4.98 Å². The Labute approximate surface area is 155 Å². The fraction of sp³-hybridized carbons (Fsp3) is 0.333. The van der Waals surface area contributed by atoms with Crippen molar-refractivity contribution < 1.29 is 23.7 Å². The number of rotatable bonds is 6. The molecule has 0 bridgehead atoms. The highest BCUT2D eigenvalue weighted by Gasteiger charge is 2.28. The maximum absolute atomic E-state index is 13.3. The Bertz CT molecular complexity index is 820. The molecule has 0 atom stereocenters. The van der Waals surface area contributed by atoms with E-state index in [0.717, 1.165) is 5.56 Å². The number of pyridine rings is 1. The van der Waals surface area contributed by atoms with E-state index in [-0.39, 0.29) is 11.7 Å². The molecule has 2 rings (SSSR count). The second kappa shape index (κ2) is 7.74. The molecule has 2 aromatic rings. The summed E-state index contributed by atoms with van der Waals surface area (Å²) in [5, 5.41) is 0. The lowest BCUT2D eigenvalue weighted by atomic mass is 9.97. The summed E-state index contributed by atoms with van der Waals surface area (Å²) in [6, 6.07) is 1.73. The summed E-state index contributed by atoms with van der Waals surface area (Å²) in [5.41, 5.74) is 2.21. The monoisotopic (exact) mass is 409 g/mol. The van der Waals surface area contributed by atoms with Gasteiger partial charge >= 0.3 is 0 Å². The number of methoxy groups -OCH3 is 4. The molecule has 0 N–H and O–H groups in total. The van der Waals surface area contributed by atoms with Crippen molar-refractivity contribution >= 4 is 21.7 Å². The van der Waals surface area contributed by atoms with E-state index < -0.39 is 0 Å². The Balaban J connectivity index is 2.79. The Hall–Kier alpha value is -2.28. The molecule has 0 aliphatic rings. The smallest absolute Gasteiger partial charge is 0.225 e. The highest BCUT2D eigenvalue weighted by molar-refractivity contribution is 9.10. The van der Waals surface area contributed by atoms with E-state index in [1.54, 1.807) is 19.2 Å². The van der Waals surface area contributed by atoms with Gasteiger partial charge in [0.15, 0.2) is 11.5 Å². The number of hydrogen-bond acceptors (Lipinski definition) is 6. The third kappa shape index (κ3) is 3.28. The number of carbonyl (C=O) groups is 1. The number of nitrogens with zero attached hydrogens (tertiary/aromatic N) is 1. The van der Waals surface area contributed by atoms with Crippen LogP contribution in [0.1, 0.15) is 27.0 Å². The Kier molecular flexibility index (Phi) is 5.89. The lowest BCUT2D eigenvalue weighted by molar-refractivity contribution is 0.103. The zero-order valence-electron chi connectivity index (χ0n) is 15.0. The molecule has 1 aromatic heterocycles. The number of halogens is 1. The first-order chi connectivity index (χ1) is 11.9. The van der Waals surface area contributed by atoms with E-state index >= 15 is 0 Å².